The number of piperazine rings is 1. The number of benzene rings is 1. The molecule has 0 saturated heterocycles. The fraction of sp³-hybridized carbons (Fsp3) is 0.318. The Morgan fingerprint density at radius 1 is 1.27 bits per heavy atom. The van der Waals surface area contributed by atoms with Gasteiger partial charge < -0.3 is 10.2 Å². The monoisotopic (exact) mass is 507 g/mol. The normalized spacial score (nSPS) is 19.0. The van der Waals surface area contributed by atoms with Crippen molar-refractivity contribution in [3.63, 3.8) is 0 Å². The number of fused-ring (bicyclic) bond motifs is 4. The van der Waals surface area contributed by atoms with Gasteiger partial charge in [0.25, 0.3) is 0 Å². The quantitative estimate of drug-likeness (QED) is 0.452. The molecule has 0 saturated carbocycles. The summed E-state index contributed by atoms with van der Waals surface area (Å²) in [5, 5.41) is 13.1. The van der Waals surface area contributed by atoms with Crippen molar-refractivity contribution in [2.24, 2.45) is 7.05 Å². The molecule has 5 heterocycles. The van der Waals surface area contributed by atoms with Crippen molar-refractivity contribution in [3.8, 4) is 11.4 Å². The summed E-state index contributed by atoms with van der Waals surface area (Å²) in [5.74, 6) is 1.03. The van der Waals surface area contributed by atoms with Gasteiger partial charge in [-0.1, -0.05) is 6.07 Å². The van der Waals surface area contributed by atoms with Crippen molar-refractivity contribution >= 4 is 44.3 Å². The van der Waals surface area contributed by atoms with E-state index in [1.807, 2.05) is 43.3 Å². The molecule has 168 valence electrons. The predicted molar refractivity (Wildman–Crippen MR) is 127 cm³/mol. The molecule has 0 radical (unpaired) electrons. The minimum absolute atomic E-state index is 0.0200. The molecule has 0 unspecified atom stereocenters. The van der Waals surface area contributed by atoms with Gasteiger partial charge in [0.05, 0.1) is 17.3 Å². The molecule has 1 amide bonds. The summed E-state index contributed by atoms with van der Waals surface area (Å²) in [7, 11) is 3.93. The number of aryl methyl sites for hydroxylation is 1. The van der Waals surface area contributed by atoms with Gasteiger partial charge in [-0.05, 0) is 48.1 Å². The van der Waals surface area contributed by atoms with Crippen molar-refractivity contribution < 1.29 is 4.79 Å². The Kier molecular flexibility index (Phi) is 4.53. The maximum Gasteiger partial charge on any atom is 0.249 e. The van der Waals surface area contributed by atoms with Crippen LogP contribution in [0.4, 0.5) is 5.95 Å². The lowest BCUT2D eigenvalue weighted by molar-refractivity contribution is -0.130. The van der Waals surface area contributed by atoms with Crippen LogP contribution in [0.2, 0.25) is 0 Å². The fourth-order valence-electron chi connectivity index (χ4n) is 4.52. The molecule has 33 heavy (non-hydrogen) atoms. The highest BCUT2D eigenvalue weighted by Crippen LogP contribution is 2.30. The van der Waals surface area contributed by atoms with E-state index < -0.39 is 6.04 Å². The molecule has 2 aliphatic heterocycles. The maximum absolute atomic E-state index is 13.3. The maximum atomic E-state index is 13.3. The molecule has 2 aliphatic rings. The smallest absolute Gasteiger partial charge is 0.249 e. The lowest BCUT2D eigenvalue weighted by atomic mass is 10.2. The molecule has 10 nitrogen and oxygen atoms in total. The van der Waals surface area contributed by atoms with E-state index in [2.05, 4.69) is 44.4 Å². The third kappa shape index (κ3) is 3.22. The Morgan fingerprint density at radius 2 is 2.12 bits per heavy atom. The first-order valence-electron chi connectivity index (χ1n) is 10.7. The zero-order valence-electron chi connectivity index (χ0n) is 18.4. The molecular formula is C22H22BrN9O. The van der Waals surface area contributed by atoms with Crippen molar-refractivity contribution in [3.05, 3.63) is 46.8 Å². The lowest BCUT2D eigenvalue weighted by Gasteiger charge is -2.33. The van der Waals surface area contributed by atoms with Crippen molar-refractivity contribution in [1.29, 1.82) is 0 Å². The lowest BCUT2D eigenvalue weighted by Crippen LogP contribution is -2.48. The molecule has 2 bridgehead atoms. The number of rotatable bonds is 4. The van der Waals surface area contributed by atoms with Crippen LogP contribution in [-0.2, 0) is 11.8 Å². The molecule has 6 rings (SSSR count). The second-order valence-electron chi connectivity index (χ2n) is 8.60. The molecular weight excluding hydrogens is 486 g/mol. The number of anilines is 1. The van der Waals surface area contributed by atoms with Crippen LogP contribution < -0.4 is 5.32 Å². The Bertz CT molecular complexity index is 1460. The number of nitrogens with zero attached hydrogens (tertiary/aromatic N) is 8. The molecule has 0 fully saturated rings. The highest BCUT2D eigenvalue weighted by Gasteiger charge is 2.38. The number of carbonyl (C=O) groups is 1. The average molecular weight is 508 g/mol. The second kappa shape index (κ2) is 7.35. The largest absolute Gasteiger partial charge is 0.343 e. The summed E-state index contributed by atoms with van der Waals surface area (Å²) >= 11 is 3.60. The van der Waals surface area contributed by atoms with Crippen LogP contribution in [-0.4, -0.2) is 77.3 Å². The number of amides is 1. The number of nitrogens with one attached hydrogen (secondary N) is 1. The standard InChI is InChI=1S/C22H22BrN9O/c1-12(21(33)31-11-14-7-15(31)10-29(14)2)25-22-26-18-16(5-4-6-17(18)23)20-27-19(28-32(20)22)13-8-24-30(3)9-13/h4-9,12,14H,10-11H2,1-3H3,(H,25,26)/t12-,14-/m1/s1. The van der Waals surface area contributed by atoms with Gasteiger partial charge in [-0.2, -0.15) is 9.61 Å². The number of hydrogen-bond donors (Lipinski definition) is 1. The Balaban J connectivity index is 1.40. The van der Waals surface area contributed by atoms with E-state index in [-0.39, 0.29) is 5.91 Å². The summed E-state index contributed by atoms with van der Waals surface area (Å²) in [6.07, 6.45) is 5.77. The number of aromatic nitrogens is 6. The van der Waals surface area contributed by atoms with Crippen LogP contribution in [0.5, 0.6) is 0 Å². The van der Waals surface area contributed by atoms with Gasteiger partial charge in [0.15, 0.2) is 11.5 Å². The van der Waals surface area contributed by atoms with Crippen molar-refractivity contribution in [1.82, 2.24) is 39.2 Å². The van der Waals surface area contributed by atoms with E-state index in [9.17, 15) is 4.79 Å². The summed E-state index contributed by atoms with van der Waals surface area (Å²) in [4.78, 5) is 27.0. The highest BCUT2D eigenvalue weighted by molar-refractivity contribution is 9.10. The number of para-hydroxylation sites is 1. The van der Waals surface area contributed by atoms with Gasteiger partial charge in [0.2, 0.25) is 11.9 Å². The summed E-state index contributed by atoms with van der Waals surface area (Å²) < 4.78 is 4.23. The van der Waals surface area contributed by atoms with Gasteiger partial charge in [-0.25, -0.2) is 9.97 Å². The first-order chi connectivity index (χ1) is 15.9. The van der Waals surface area contributed by atoms with Gasteiger partial charge in [0, 0.05) is 47.9 Å². The molecule has 1 aromatic carbocycles. The molecule has 0 aliphatic carbocycles. The molecule has 0 spiro atoms. The summed E-state index contributed by atoms with van der Waals surface area (Å²) in [5.41, 5.74) is 3.29. The third-order valence-corrected chi connectivity index (χ3v) is 6.92. The van der Waals surface area contributed by atoms with E-state index in [0.29, 0.717) is 30.0 Å². The van der Waals surface area contributed by atoms with Crippen molar-refractivity contribution in [2.75, 3.05) is 25.5 Å². The topological polar surface area (TPSA) is 96.5 Å². The van der Waals surface area contributed by atoms with Gasteiger partial charge >= 0.3 is 0 Å². The molecule has 2 atom stereocenters. The van der Waals surface area contributed by atoms with Crippen LogP contribution >= 0.6 is 15.9 Å². The summed E-state index contributed by atoms with van der Waals surface area (Å²) in [6, 6.07) is 5.66. The van der Waals surface area contributed by atoms with Gasteiger partial charge in [-0.15, -0.1) is 5.10 Å². The first-order valence-corrected chi connectivity index (χ1v) is 11.5. The molecule has 1 N–H and O–H groups in total. The number of halogens is 1. The van der Waals surface area contributed by atoms with E-state index in [1.165, 1.54) is 0 Å². The van der Waals surface area contributed by atoms with Gasteiger partial charge in [0.1, 0.15) is 6.04 Å². The second-order valence-corrected chi connectivity index (χ2v) is 9.45. The third-order valence-electron chi connectivity index (χ3n) is 6.28. The van der Waals surface area contributed by atoms with Crippen LogP contribution in [0, 0.1) is 0 Å². The van der Waals surface area contributed by atoms with Gasteiger partial charge in [-0.3, -0.25) is 14.4 Å². The zero-order valence-corrected chi connectivity index (χ0v) is 20.0. The minimum Gasteiger partial charge on any atom is -0.343 e. The number of carbonyl (C=O) groups excluding carboxylic acids is 1. The zero-order chi connectivity index (χ0) is 22.9. The average Bonchev–Trinajstić information content (AvgIpc) is 3.56. The fourth-order valence-corrected chi connectivity index (χ4v) is 4.97. The number of likely N-dealkylation sites (N-methyl/N-ethyl adjacent to an activating group) is 1. The minimum atomic E-state index is -0.489. The van der Waals surface area contributed by atoms with E-state index >= 15 is 0 Å². The van der Waals surface area contributed by atoms with Crippen LogP contribution in [0.3, 0.4) is 0 Å². The number of hydrogen-bond acceptors (Lipinski definition) is 7. The van der Waals surface area contributed by atoms with Crippen molar-refractivity contribution in [2.45, 2.75) is 19.0 Å². The van der Waals surface area contributed by atoms with Crippen LogP contribution in [0.15, 0.2) is 46.8 Å². The highest BCUT2D eigenvalue weighted by atomic mass is 79.9. The van der Waals surface area contributed by atoms with E-state index in [4.69, 9.17) is 15.1 Å². The molecule has 4 aromatic rings. The predicted octanol–water partition coefficient (Wildman–Crippen LogP) is 2.28. The molecule has 11 heteroatoms. The SMILES string of the molecule is C[C@@H](Nc1nc2c(Br)cccc2c2nc(-c3cnn(C)c3)nn12)C(=O)N1C[C@H]2C=C1CN2C. The van der Waals surface area contributed by atoms with Crippen LogP contribution in [0.25, 0.3) is 27.9 Å². The Morgan fingerprint density at radius 3 is 2.82 bits per heavy atom. The van der Waals surface area contributed by atoms with E-state index in [1.54, 1.807) is 15.4 Å². The van der Waals surface area contributed by atoms with Crippen LogP contribution in [0.1, 0.15) is 6.92 Å². The Labute approximate surface area is 198 Å². The first kappa shape index (κ1) is 20.3. The molecule has 3 aromatic heterocycles. The summed E-state index contributed by atoms with van der Waals surface area (Å²) in [6.45, 7) is 3.35. The van der Waals surface area contributed by atoms with E-state index in [0.717, 1.165) is 33.2 Å². The Hall–Kier alpha value is -3.31.